The monoisotopic (exact) mass is 363 g/mol. The van der Waals surface area contributed by atoms with Gasteiger partial charge < -0.3 is 14.2 Å². The second-order valence-corrected chi connectivity index (χ2v) is 7.76. The highest BCUT2D eigenvalue weighted by Gasteiger charge is 2.25. The van der Waals surface area contributed by atoms with Gasteiger partial charge in [-0.2, -0.15) is 0 Å². The summed E-state index contributed by atoms with van der Waals surface area (Å²) in [4.78, 5) is 11.5. The molecule has 0 unspecified atom stereocenters. The highest BCUT2D eigenvalue weighted by Crippen LogP contribution is 2.44. The predicted octanol–water partition coefficient (Wildman–Crippen LogP) is 3.38. The number of carboxylic acid groups (broad SMARTS) is 1. The third-order valence-corrected chi connectivity index (χ3v) is 5.57. The van der Waals surface area contributed by atoms with Crippen LogP contribution in [0.4, 0.5) is 0 Å². The maximum atomic E-state index is 12.0. The van der Waals surface area contributed by atoms with Crippen LogP contribution < -0.4 is 5.32 Å². The molecule has 0 bridgehead atoms. The number of hydrogen-bond donors (Lipinski definition) is 2. The van der Waals surface area contributed by atoms with Crippen LogP contribution in [0.15, 0.2) is 54.6 Å². The van der Waals surface area contributed by atoms with Crippen LogP contribution in [0.5, 0.6) is 0 Å². The Morgan fingerprint density at radius 1 is 1.04 bits per heavy atom. The summed E-state index contributed by atoms with van der Waals surface area (Å²) in [7, 11) is -0.766. The van der Waals surface area contributed by atoms with Crippen molar-refractivity contribution in [2.24, 2.45) is 0 Å². The molecular weight excluding hydrogens is 341 g/mol. The van der Waals surface area contributed by atoms with Crippen LogP contribution in [-0.4, -0.2) is 37.6 Å². The largest absolute Gasteiger partial charge is 0.480 e. The normalized spacial score (nSPS) is 12.7. The van der Waals surface area contributed by atoms with Gasteiger partial charge in [0.15, 0.2) is 0 Å². The number of carboxylic acids is 1. The Morgan fingerprint density at radius 3 is 2.12 bits per heavy atom. The zero-order valence-electron chi connectivity index (χ0n) is 14.2. The van der Waals surface area contributed by atoms with E-state index < -0.39 is 19.6 Å². The molecule has 0 aliphatic heterocycles. The molecule has 0 aliphatic rings. The molecular formula is C18H22NO5P. The molecule has 7 heteroatoms. The first-order valence-electron chi connectivity index (χ1n) is 7.78. The van der Waals surface area contributed by atoms with Crippen LogP contribution in [-0.2, 0) is 24.8 Å². The summed E-state index contributed by atoms with van der Waals surface area (Å²) in [5.74, 6) is -1.02. The molecule has 134 valence electrons. The lowest BCUT2D eigenvalue weighted by Crippen LogP contribution is -2.39. The molecule has 25 heavy (non-hydrogen) atoms. The standard InChI is InChI=1S/C18H22NO5P/c1-23-25(22,24-2)13-19-17(18(20)21)12-14-8-10-16(11-9-14)15-6-4-3-5-7-15/h3-11,17,19H,12-13H2,1-2H3,(H,20,21)/t17-/m0/s1. The third-order valence-electron chi connectivity index (χ3n) is 3.89. The molecule has 1 atom stereocenters. The number of rotatable bonds is 9. The van der Waals surface area contributed by atoms with E-state index in [1.165, 1.54) is 14.2 Å². The Kier molecular flexibility index (Phi) is 6.91. The van der Waals surface area contributed by atoms with E-state index in [9.17, 15) is 14.5 Å². The minimum atomic E-state index is -3.30. The molecule has 0 saturated heterocycles. The third kappa shape index (κ3) is 5.51. The second kappa shape index (κ2) is 8.92. The molecule has 0 aliphatic carbocycles. The van der Waals surface area contributed by atoms with Gasteiger partial charge in [0, 0.05) is 14.2 Å². The number of nitrogens with one attached hydrogen (secondary N) is 1. The highest BCUT2D eigenvalue weighted by atomic mass is 31.2. The van der Waals surface area contributed by atoms with Crippen molar-refractivity contribution in [1.82, 2.24) is 5.32 Å². The van der Waals surface area contributed by atoms with Gasteiger partial charge in [0.05, 0.1) is 6.29 Å². The first kappa shape index (κ1) is 19.3. The quantitative estimate of drug-likeness (QED) is 0.665. The van der Waals surface area contributed by atoms with Crippen molar-refractivity contribution in [3.05, 3.63) is 60.2 Å². The van der Waals surface area contributed by atoms with E-state index in [1.54, 1.807) is 0 Å². The summed E-state index contributed by atoms with van der Waals surface area (Å²) in [6.07, 6.45) is 0.0941. The molecule has 0 heterocycles. The summed E-state index contributed by atoms with van der Waals surface area (Å²) in [5.41, 5.74) is 3.03. The van der Waals surface area contributed by atoms with Gasteiger partial charge in [0.2, 0.25) is 0 Å². The van der Waals surface area contributed by atoms with Crippen LogP contribution in [0.25, 0.3) is 11.1 Å². The number of benzene rings is 2. The lowest BCUT2D eigenvalue weighted by atomic mass is 10.0. The Labute approximate surface area is 147 Å². The molecule has 0 radical (unpaired) electrons. The van der Waals surface area contributed by atoms with Crippen LogP contribution in [0.3, 0.4) is 0 Å². The van der Waals surface area contributed by atoms with E-state index in [2.05, 4.69) is 5.32 Å². The molecule has 2 aromatic carbocycles. The van der Waals surface area contributed by atoms with E-state index in [-0.39, 0.29) is 12.7 Å². The lowest BCUT2D eigenvalue weighted by Gasteiger charge is -2.19. The van der Waals surface area contributed by atoms with Crippen LogP contribution in [0.2, 0.25) is 0 Å². The van der Waals surface area contributed by atoms with Gasteiger partial charge in [-0.25, -0.2) is 0 Å². The van der Waals surface area contributed by atoms with Gasteiger partial charge >= 0.3 is 13.6 Å². The fourth-order valence-electron chi connectivity index (χ4n) is 2.37. The zero-order valence-corrected chi connectivity index (χ0v) is 15.1. The van der Waals surface area contributed by atoms with Crippen LogP contribution in [0.1, 0.15) is 5.56 Å². The predicted molar refractivity (Wildman–Crippen MR) is 96.6 cm³/mol. The Bertz CT molecular complexity index is 725. The molecule has 0 saturated carbocycles. The Balaban J connectivity index is 2.04. The summed E-state index contributed by atoms with van der Waals surface area (Å²) >= 11 is 0. The van der Waals surface area contributed by atoms with Crippen LogP contribution >= 0.6 is 7.60 Å². The highest BCUT2D eigenvalue weighted by molar-refractivity contribution is 7.53. The minimum Gasteiger partial charge on any atom is -0.480 e. The minimum absolute atomic E-state index is 0.168. The maximum Gasteiger partial charge on any atom is 0.343 e. The van der Waals surface area contributed by atoms with Crippen LogP contribution in [0, 0.1) is 0 Å². The molecule has 2 N–H and O–H groups in total. The molecule has 0 amide bonds. The second-order valence-electron chi connectivity index (χ2n) is 5.50. The summed E-state index contributed by atoms with van der Waals surface area (Å²) in [6.45, 7) is 0. The van der Waals surface area contributed by atoms with E-state index in [4.69, 9.17) is 9.05 Å². The van der Waals surface area contributed by atoms with Crippen molar-refractivity contribution >= 4 is 13.6 Å². The van der Waals surface area contributed by atoms with E-state index in [0.717, 1.165) is 16.7 Å². The average Bonchev–Trinajstić information content (AvgIpc) is 2.66. The summed E-state index contributed by atoms with van der Waals surface area (Å²) < 4.78 is 21.7. The van der Waals surface area contributed by atoms with Gasteiger partial charge in [0.1, 0.15) is 6.04 Å². The van der Waals surface area contributed by atoms with Crippen molar-refractivity contribution in [3.63, 3.8) is 0 Å². The van der Waals surface area contributed by atoms with Crippen molar-refractivity contribution < 1.29 is 23.5 Å². The molecule has 0 aromatic heterocycles. The SMILES string of the molecule is COP(=O)(CN[C@@H](Cc1ccc(-c2ccccc2)cc1)C(=O)O)OC. The molecule has 6 nitrogen and oxygen atoms in total. The van der Waals surface area contributed by atoms with E-state index >= 15 is 0 Å². The summed E-state index contributed by atoms with van der Waals surface area (Å²) in [5, 5.41) is 12.1. The van der Waals surface area contributed by atoms with Gasteiger partial charge in [-0.05, 0) is 23.1 Å². The van der Waals surface area contributed by atoms with E-state index in [0.29, 0.717) is 0 Å². The van der Waals surface area contributed by atoms with Crippen molar-refractivity contribution in [2.75, 3.05) is 20.5 Å². The first-order valence-corrected chi connectivity index (χ1v) is 9.51. The lowest BCUT2D eigenvalue weighted by molar-refractivity contribution is -0.139. The molecule has 2 rings (SSSR count). The topological polar surface area (TPSA) is 84.9 Å². The van der Waals surface area contributed by atoms with Crippen molar-refractivity contribution in [3.8, 4) is 11.1 Å². The van der Waals surface area contributed by atoms with Crippen molar-refractivity contribution in [1.29, 1.82) is 0 Å². The first-order chi connectivity index (χ1) is 12.0. The van der Waals surface area contributed by atoms with Gasteiger partial charge in [-0.3, -0.25) is 14.7 Å². The Hall–Kier alpha value is -1.98. The summed E-state index contributed by atoms with van der Waals surface area (Å²) in [6, 6.07) is 16.7. The van der Waals surface area contributed by atoms with Gasteiger partial charge in [-0.1, -0.05) is 54.6 Å². The number of aliphatic carboxylic acids is 1. The number of hydrogen-bond acceptors (Lipinski definition) is 5. The fourth-order valence-corrected chi connectivity index (χ4v) is 3.22. The zero-order chi connectivity index (χ0) is 18.3. The van der Waals surface area contributed by atoms with Gasteiger partial charge in [-0.15, -0.1) is 0 Å². The van der Waals surface area contributed by atoms with Crippen molar-refractivity contribution in [2.45, 2.75) is 12.5 Å². The number of carbonyl (C=O) groups is 1. The average molecular weight is 363 g/mol. The molecule has 0 spiro atoms. The molecule has 2 aromatic rings. The molecule has 0 fully saturated rings. The van der Waals surface area contributed by atoms with Gasteiger partial charge in [0.25, 0.3) is 0 Å². The smallest absolute Gasteiger partial charge is 0.343 e. The fraction of sp³-hybridized carbons (Fsp3) is 0.278. The van der Waals surface area contributed by atoms with E-state index in [1.807, 2.05) is 54.6 Å². The Morgan fingerprint density at radius 2 is 1.60 bits per heavy atom. The maximum absolute atomic E-state index is 12.0.